The summed E-state index contributed by atoms with van der Waals surface area (Å²) in [6, 6.07) is 6.41. The van der Waals surface area contributed by atoms with Crippen LogP contribution in [-0.4, -0.2) is 148 Å². The monoisotopic (exact) mass is 873 g/mol. The fourth-order valence-corrected chi connectivity index (χ4v) is 8.52. The second-order valence-electron chi connectivity index (χ2n) is 18.2. The number of hydrogen-bond acceptors (Lipinski definition) is 10. The quantitative estimate of drug-likeness (QED) is 0.0910. The predicted molar refractivity (Wildman–Crippen MR) is 241 cm³/mol. The van der Waals surface area contributed by atoms with Crippen molar-refractivity contribution in [1.29, 1.82) is 0 Å². The first-order chi connectivity index (χ1) is 29.2. The Morgan fingerprint density at radius 1 is 0.839 bits per heavy atom. The van der Waals surface area contributed by atoms with Gasteiger partial charge in [-0.25, -0.2) is 0 Å². The molecule has 9 atom stereocenters. The van der Waals surface area contributed by atoms with Gasteiger partial charge in [0, 0.05) is 40.8 Å². The van der Waals surface area contributed by atoms with Gasteiger partial charge in [-0.1, -0.05) is 99.1 Å². The lowest BCUT2D eigenvalue weighted by Crippen LogP contribution is -2.59. The average molecular weight is 873 g/mol. The first-order valence-corrected chi connectivity index (χ1v) is 22.6. The molecule has 1 aromatic rings. The van der Waals surface area contributed by atoms with E-state index in [1.54, 1.807) is 44.7 Å². The zero-order chi connectivity index (χ0) is 46.8. The van der Waals surface area contributed by atoms with Crippen LogP contribution >= 0.6 is 0 Å². The summed E-state index contributed by atoms with van der Waals surface area (Å²) >= 11 is 0. The number of carbonyl (C=O) groups is 6. The molecule has 0 unspecified atom stereocenters. The average Bonchev–Trinajstić information content (AvgIpc) is 3.71. The zero-order valence-electron chi connectivity index (χ0n) is 40.2. The molecule has 62 heavy (non-hydrogen) atoms. The van der Waals surface area contributed by atoms with Crippen molar-refractivity contribution >= 4 is 35.5 Å². The van der Waals surface area contributed by atoms with Crippen LogP contribution in [0, 0.1) is 29.6 Å². The van der Waals surface area contributed by atoms with Crippen LogP contribution in [0.5, 0.6) is 0 Å². The Morgan fingerprint density at radius 2 is 1.48 bits per heavy atom. The van der Waals surface area contributed by atoms with Crippen molar-refractivity contribution in [3.05, 3.63) is 35.9 Å². The van der Waals surface area contributed by atoms with Gasteiger partial charge in [0.25, 0.3) is 0 Å². The zero-order valence-corrected chi connectivity index (χ0v) is 40.2. The molecule has 5 amide bonds. The lowest BCUT2D eigenvalue weighted by Gasteiger charge is -2.41. The molecule has 1 aliphatic rings. The van der Waals surface area contributed by atoms with Crippen LogP contribution in [0.25, 0.3) is 0 Å². The summed E-state index contributed by atoms with van der Waals surface area (Å²) in [6.07, 6.45) is 1.36. The number of likely N-dealkylation sites (N-methyl/N-ethyl adjacent to an activating group) is 2. The Bertz CT molecular complexity index is 1570. The van der Waals surface area contributed by atoms with Gasteiger partial charge in [-0.15, -0.1) is 0 Å². The number of likely N-dealkylation sites (tertiary alicyclic amines) is 1. The summed E-state index contributed by atoms with van der Waals surface area (Å²) in [5, 5.41) is 8.87. The highest BCUT2D eigenvalue weighted by molar-refractivity contribution is 5.90. The number of hydrogen-bond donors (Lipinski definition) is 3. The maximum absolute atomic E-state index is 14.4. The van der Waals surface area contributed by atoms with E-state index >= 15 is 0 Å². The van der Waals surface area contributed by atoms with E-state index in [0.29, 0.717) is 32.2 Å². The molecule has 1 saturated heterocycles. The summed E-state index contributed by atoms with van der Waals surface area (Å²) in [4.78, 5) is 86.8. The highest BCUT2D eigenvalue weighted by atomic mass is 16.5. The van der Waals surface area contributed by atoms with Crippen molar-refractivity contribution < 1.29 is 43.0 Å². The number of rotatable bonds is 26. The summed E-state index contributed by atoms with van der Waals surface area (Å²) in [5.41, 5.74) is 0.867. The maximum Gasteiger partial charge on any atom is 0.308 e. The fraction of sp³-hybridized carbons (Fsp3) is 0.745. The van der Waals surface area contributed by atoms with Crippen LogP contribution in [0.3, 0.4) is 0 Å². The number of benzene rings is 1. The molecule has 2 rings (SSSR count). The predicted octanol–water partition coefficient (Wildman–Crippen LogP) is 4.07. The van der Waals surface area contributed by atoms with E-state index in [2.05, 4.69) is 16.0 Å². The molecule has 0 bridgehead atoms. The second-order valence-corrected chi connectivity index (χ2v) is 18.2. The van der Waals surface area contributed by atoms with E-state index in [-0.39, 0.29) is 85.2 Å². The van der Waals surface area contributed by atoms with Crippen molar-refractivity contribution in [3.63, 3.8) is 0 Å². The fourth-order valence-electron chi connectivity index (χ4n) is 8.52. The van der Waals surface area contributed by atoms with Crippen molar-refractivity contribution in [2.24, 2.45) is 29.6 Å². The number of esters is 1. The Morgan fingerprint density at radius 3 is 2.02 bits per heavy atom. The molecule has 0 saturated carbocycles. The third-order valence-electron chi connectivity index (χ3n) is 12.2. The summed E-state index contributed by atoms with van der Waals surface area (Å²) in [6.45, 7) is 18.0. The largest absolute Gasteiger partial charge is 0.465 e. The molecule has 0 radical (unpaired) electrons. The number of methoxy groups -OCH3 is 2. The van der Waals surface area contributed by atoms with Crippen LogP contribution in [0.4, 0.5) is 0 Å². The smallest absolute Gasteiger partial charge is 0.308 e. The SMILES string of the molecule is CC[C@H](C)[C@@H]([C@@H](CC(=O)N1CCC[C@H]1[C@H](OC)[C@@H](C)C(=O)N[C@H](Cc1ccccc1)C(=O)NCCCOC(=O)C(C)C)OC)N(C)C(=O)[C@@H](NC(=O)[C@H](C(C)C)N(C)C)C(C)C. The third kappa shape index (κ3) is 15.6. The number of nitrogens with zero attached hydrogens (tertiary/aromatic N) is 3. The maximum atomic E-state index is 14.4. The van der Waals surface area contributed by atoms with E-state index in [9.17, 15) is 28.8 Å². The van der Waals surface area contributed by atoms with Crippen LogP contribution in [-0.2, 0) is 49.4 Å². The van der Waals surface area contributed by atoms with Gasteiger partial charge in [0.2, 0.25) is 29.5 Å². The van der Waals surface area contributed by atoms with Crippen molar-refractivity contribution in [2.45, 2.75) is 143 Å². The second kappa shape index (κ2) is 26.5. The lowest BCUT2D eigenvalue weighted by molar-refractivity contribution is -0.148. The van der Waals surface area contributed by atoms with Gasteiger partial charge in [-0.2, -0.15) is 0 Å². The minimum atomic E-state index is -0.891. The first kappa shape index (κ1) is 54.1. The molecule has 1 fully saturated rings. The van der Waals surface area contributed by atoms with Crippen LogP contribution in [0.1, 0.15) is 100.0 Å². The number of ether oxygens (including phenoxy) is 3. The summed E-state index contributed by atoms with van der Waals surface area (Å²) in [7, 11) is 8.49. The van der Waals surface area contributed by atoms with Crippen LogP contribution in [0.2, 0.25) is 0 Å². The number of nitrogens with one attached hydrogen (secondary N) is 3. The highest BCUT2D eigenvalue weighted by Gasteiger charge is 2.43. The molecule has 0 aliphatic carbocycles. The first-order valence-electron chi connectivity index (χ1n) is 22.6. The molecular formula is C47H80N6O9. The Hall–Kier alpha value is -4.08. The minimum absolute atomic E-state index is 0.0125. The molecule has 15 nitrogen and oxygen atoms in total. The van der Waals surface area contributed by atoms with Gasteiger partial charge in [0.05, 0.1) is 55.2 Å². The molecule has 15 heteroatoms. The normalized spacial score (nSPS) is 18.1. The Kier molecular flexibility index (Phi) is 23.1. The van der Waals surface area contributed by atoms with Crippen LogP contribution in [0.15, 0.2) is 30.3 Å². The van der Waals surface area contributed by atoms with Crippen molar-refractivity contribution in [3.8, 4) is 0 Å². The summed E-state index contributed by atoms with van der Waals surface area (Å²) < 4.78 is 17.3. The topological polar surface area (TPSA) is 176 Å². The summed E-state index contributed by atoms with van der Waals surface area (Å²) in [5.74, 6) is -2.90. The lowest BCUT2D eigenvalue weighted by atomic mass is 9.89. The van der Waals surface area contributed by atoms with Gasteiger partial charge in [-0.3, -0.25) is 33.7 Å². The van der Waals surface area contributed by atoms with Gasteiger partial charge in [0.1, 0.15) is 12.1 Å². The standard InChI is InChI=1S/C47H80N6O9/c1-15-32(8)41(52(12)46(58)39(29(2)3)50-45(57)40(30(4)5)51(10)11)37(60-13)28-38(54)53-25-19-23-36(53)42(61-14)33(9)43(55)49-35(27-34-21-17-16-18-22-34)44(56)48-24-20-26-62-47(59)31(6)7/h16-18,21-22,29-33,35-37,39-42H,15,19-20,23-28H2,1-14H3,(H,48,56)(H,49,55)(H,50,57)/t32-,33+,35+,36-,37+,39-,40-,41-,42+/m0/s1. The number of amides is 5. The molecule has 1 aromatic carbocycles. The van der Waals surface area contributed by atoms with E-state index in [1.165, 1.54) is 7.11 Å². The molecular weight excluding hydrogens is 793 g/mol. The Balaban J connectivity index is 2.27. The van der Waals surface area contributed by atoms with Gasteiger partial charge < -0.3 is 40.0 Å². The minimum Gasteiger partial charge on any atom is -0.465 e. The van der Waals surface area contributed by atoms with Gasteiger partial charge in [0.15, 0.2) is 0 Å². The van der Waals surface area contributed by atoms with E-state index in [0.717, 1.165) is 5.56 Å². The van der Waals surface area contributed by atoms with Crippen LogP contribution < -0.4 is 16.0 Å². The molecule has 0 spiro atoms. The van der Waals surface area contributed by atoms with Crippen molar-refractivity contribution in [1.82, 2.24) is 30.7 Å². The highest BCUT2D eigenvalue weighted by Crippen LogP contribution is 2.30. The molecule has 0 aromatic heterocycles. The van der Waals surface area contributed by atoms with E-state index in [4.69, 9.17) is 14.2 Å². The molecule has 3 N–H and O–H groups in total. The van der Waals surface area contributed by atoms with E-state index in [1.807, 2.05) is 90.9 Å². The number of carbonyl (C=O) groups excluding carboxylic acids is 6. The van der Waals surface area contributed by atoms with E-state index < -0.39 is 48.3 Å². The molecule has 1 heterocycles. The molecule has 1 aliphatic heterocycles. The Labute approximate surface area is 372 Å². The van der Waals surface area contributed by atoms with Gasteiger partial charge >= 0.3 is 5.97 Å². The van der Waals surface area contributed by atoms with Crippen molar-refractivity contribution in [2.75, 3.05) is 55.1 Å². The van der Waals surface area contributed by atoms with Gasteiger partial charge in [-0.05, 0) is 56.7 Å². The third-order valence-corrected chi connectivity index (χ3v) is 12.2. The molecule has 352 valence electrons.